The summed E-state index contributed by atoms with van der Waals surface area (Å²) in [5, 5.41) is 32.3. The molecule has 0 saturated heterocycles. The van der Waals surface area contributed by atoms with Crippen molar-refractivity contribution in [3.05, 3.63) is 68.7 Å². The summed E-state index contributed by atoms with van der Waals surface area (Å²) < 4.78 is 16.5. The van der Waals surface area contributed by atoms with Crippen LogP contribution in [0.1, 0.15) is 30.3 Å². The van der Waals surface area contributed by atoms with Gasteiger partial charge in [0.2, 0.25) is 5.13 Å². The Labute approximate surface area is 211 Å². The van der Waals surface area contributed by atoms with Crippen molar-refractivity contribution in [3.63, 3.8) is 0 Å². The third-order valence-corrected chi connectivity index (χ3v) is 5.81. The summed E-state index contributed by atoms with van der Waals surface area (Å²) in [6.07, 6.45) is 1.23. The molecule has 0 fully saturated rings. The van der Waals surface area contributed by atoms with Gasteiger partial charge in [0.25, 0.3) is 11.6 Å². The van der Waals surface area contributed by atoms with Crippen LogP contribution in [0, 0.1) is 21.4 Å². The summed E-state index contributed by atoms with van der Waals surface area (Å²) in [5.41, 5.74) is -0.309. The van der Waals surface area contributed by atoms with E-state index in [1.807, 2.05) is 19.9 Å². The van der Waals surface area contributed by atoms with E-state index in [1.54, 1.807) is 31.4 Å². The second-order valence-corrected chi connectivity index (χ2v) is 8.59. The molecule has 0 bridgehead atoms. The molecule has 11 nitrogen and oxygen atoms in total. The van der Waals surface area contributed by atoms with Crippen LogP contribution in [0.2, 0.25) is 0 Å². The molecule has 0 unspecified atom stereocenters. The number of nitriles is 1. The van der Waals surface area contributed by atoms with Crippen LogP contribution in [0.15, 0.2) is 48.0 Å². The molecule has 0 radical (unpaired) electrons. The second-order valence-electron chi connectivity index (χ2n) is 7.58. The number of ether oxygens (including phenoxy) is 3. The lowest BCUT2D eigenvalue weighted by molar-refractivity contribution is -0.384. The van der Waals surface area contributed by atoms with Crippen LogP contribution in [-0.2, 0) is 4.79 Å². The molecule has 12 heteroatoms. The summed E-state index contributed by atoms with van der Waals surface area (Å²) in [6, 6.07) is 12.8. The average Bonchev–Trinajstić information content (AvgIpc) is 3.34. The molecule has 2 aromatic carbocycles. The van der Waals surface area contributed by atoms with Gasteiger partial charge in [0.05, 0.1) is 12.0 Å². The van der Waals surface area contributed by atoms with Gasteiger partial charge in [-0.15, -0.1) is 10.2 Å². The number of nitrogens with zero attached hydrogens (tertiary/aromatic N) is 4. The van der Waals surface area contributed by atoms with Gasteiger partial charge in [0.1, 0.15) is 47.1 Å². The zero-order valence-corrected chi connectivity index (χ0v) is 20.6. The maximum atomic E-state index is 12.7. The van der Waals surface area contributed by atoms with Crippen LogP contribution < -0.4 is 19.5 Å². The minimum absolute atomic E-state index is 0.104. The number of rotatable bonds is 11. The summed E-state index contributed by atoms with van der Waals surface area (Å²) in [7, 11) is 1.55. The van der Waals surface area contributed by atoms with Gasteiger partial charge in [-0.3, -0.25) is 20.2 Å². The normalized spacial score (nSPS) is 11.0. The average molecular weight is 510 g/mol. The highest BCUT2D eigenvalue weighted by Crippen LogP contribution is 2.28. The number of carbonyl (C=O) groups excluding carboxylic acids is 1. The molecule has 0 aliphatic rings. The van der Waals surface area contributed by atoms with Crippen LogP contribution in [0.25, 0.3) is 6.08 Å². The number of hydrogen-bond donors (Lipinski definition) is 1. The van der Waals surface area contributed by atoms with Crippen molar-refractivity contribution < 1.29 is 23.9 Å². The minimum Gasteiger partial charge on any atom is -0.497 e. The molecule has 1 amide bonds. The number of hydrogen-bond acceptors (Lipinski definition) is 10. The maximum Gasteiger partial charge on any atom is 0.270 e. The zero-order valence-electron chi connectivity index (χ0n) is 19.8. The Balaban J connectivity index is 1.75. The van der Waals surface area contributed by atoms with Crippen molar-refractivity contribution in [2.75, 3.05) is 25.6 Å². The van der Waals surface area contributed by atoms with Crippen LogP contribution in [0.3, 0.4) is 0 Å². The number of carbonyl (C=O) groups is 1. The van der Waals surface area contributed by atoms with Gasteiger partial charge in [0, 0.05) is 29.7 Å². The van der Waals surface area contributed by atoms with E-state index in [4.69, 9.17) is 14.2 Å². The Kier molecular flexibility index (Phi) is 8.90. The quantitative estimate of drug-likeness (QED) is 0.129. The molecule has 0 aliphatic carbocycles. The van der Waals surface area contributed by atoms with Gasteiger partial charge >= 0.3 is 0 Å². The fourth-order valence-corrected chi connectivity index (χ4v) is 3.62. The molecule has 1 heterocycles. The molecule has 0 aliphatic heterocycles. The van der Waals surface area contributed by atoms with Crippen LogP contribution in [0.4, 0.5) is 10.8 Å². The third kappa shape index (κ3) is 7.00. The summed E-state index contributed by atoms with van der Waals surface area (Å²) >= 11 is 1.20. The number of benzene rings is 2. The number of aromatic nitrogens is 2. The van der Waals surface area contributed by atoms with Crippen molar-refractivity contribution >= 4 is 34.1 Å². The van der Waals surface area contributed by atoms with Crippen LogP contribution >= 0.6 is 11.3 Å². The standard InChI is InChI=1S/C24H23N5O6S/c1-15(2)23-27-28-24(36-23)26-22(30)17(14-25)11-16-12-18(29(31)32)7-8-21(16)35-10-9-34-20-6-4-5-19(13-20)33-3/h4-8,11-13,15H,9-10H2,1-3H3,(H,26,28,30)/b17-11-. The van der Waals surface area contributed by atoms with E-state index in [-0.39, 0.29) is 46.8 Å². The molecule has 186 valence electrons. The van der Waals surface area contributed by atoms with Crippen LogP contribution in [-0.4, -0.2) is 41.4 Å². The number of nitro groups is 1. The Morgan fingerprint density at radius 1 is 1.19 bits per heavy atom. The van der Waals surface area contributed by atoms with E-state index in [2.05, 4.69) is 15.5 Å². The van der Waals surface area contributed by atoms with Gasteiger partial charge in [-0.05, 0) is 24.3 Å². The first-order valence-electron chi connectivity index (χ1n) is 10.8. The SMILES string of the molecule is COc1cccc(OCCOc2ccc([N+](=O)[O-])cc2/C=C(/C#N)C(=O)Nc2nnc(C(C)C)s2)c1. The highest BCUT2D eigenvalue weighted by atomic mass is 32.1. The van der Waals surface area contributed by atoms with Crippen molar-refractivity contribution in [2.24, 2.45) is 0 Å². The summed E-state index contributed by atoms with van der Waals surface area (Å²) in [5.74, 6) is 0.891. The van der Waals surface area contributed by atoms with Gasteiger partial charge < -0.3 is 14.2 Å². The number of methoxy groups -OCH3 is 1. The van der Waals surface area contributed by atoms with Crippen molar-refractivity contribution in [1.29, 1.82) is 5.26 Å². The molecular formula is C24H23N5O6S. The van der Waals surface area contributed by atoms with E-state index in [0.29, 0.717) is 11.5 Å². The summed E-state index contributed by atoms with van der Waals surface area (Å²) in [6.45, 7) is 4.16. The van der Waals surface area contributed by atoms with E-state index in [1.165, 1.54) is 35.6 Å². The first-order chi connectivity index (χ1) is 17.3. The molecule has 36 heavy (non-hydrogen) atoms. The molecular weight excluding hydrogens is 486 g/mol. The molecule has 1 N–H and O–H groups in total. The van der Waals surface area contributed by atoms with E-state index in [0.717, 1.165) is 5.01 Å². The Hall–Kier alpha value is -4.50. The van der Waals surface area contributed by atoms with Crippen LogP contribution in [0.5, 0.6) is 17.2 Å². The fourth-order valence-electron chi connectivity index (χ4n) is 2.88. The maximum absolute atomic E-state index is 12.7. The van der Waals surface area contributed by atoms with E-state index in [9.17, 15) is 20.2 Å². The lowest BCUT2D eigenvalue weighted by Gasteiger charge is -2.11. The fraction of sp³-hybridized carbons (Fsp3) is 0.250. The predicted molar refractivity (Wildman–Crippen MR) is 133 cm³/mol. The first kappa shape index (κ1) is 26.1. The lowest BCUT2D eigenvalue weighted by atomic mass is 10.1. The van der Waals surface area contributed by atoms with Gasteiger partial charge in [-0.2, -0.15) is 5.26 Å². The van der Waals surface area contributed by atoms with Crippen molar-refractivity contribution in [2.45, 2.75) is 19.8 Å². The summed E-state index contributed by atoms with van der Waals surface area (Å²) in [4.78, 5) is 23.4. The number of nitrogens with one attached hydrogen (secondary N) is 1. The smallest absolute Gasteiger partial charge is 0.270 e. The second kappa shape index (κ2) is 12.3. The molecule has 0 spiro atoms. The lowest BCUT2D eigenvalue weighted by Crippen LogP contribution is -2.13. The van der Waals surface area contributed by atoms with E-state index < -0.39 is 10.8 Å². The predicted octanol–water partition coefficient (Wildman–Crippen LogP) is 4.58. The van der Waals surface area contributed by atoms with Crippen molar-refractivity contribution in [1.82, 2.24) is 10.2 Å². The van der Waals surface area contributed by atoms with E-state index >= 15 is 0 Å². The molecule has 1 aromatic heterocycles. The monoisotopic (exact) mass is 509 g/mol. The first-order valence-corrected chi connectivity index (χ1v) is 11.6. The molecule has 0 saturated carbocycles. The molecule has 0 atom stereocenters. The molecule has 3 rings (SSSR count). The number of anilines is 1. The van der Waals surface area contributed by atoms with Gasteiger partial charge in [-0.25, -0.2) is 0 Å². The number of amides is 1. The van der Waals surface area contributed by atoms with Gasteiger partial charge in [-0.1, -0.05) is 31.3 Å². The molecule has 3 aromatic rings. The Morgan fingerprint density at radius 3 is 2.61 bits per heavy atom. The van der Waals surface area contributed by atoms with Gasteiger partial charge in [0.15, 0.2) is 0 Å². The highest BCUT2D eigenvalue weighted by molar-refractivity contribution is 7.15. The Morgan fingerprint density at radius 2 is 1.94 bits per heavy atom. The number of nitro benzene ring substituents is 1. The Bertz CT molecular complexity index is 1310. The largest absolute Gasteiger partial charge is 0.497 e. The van der Waals surface area contributed by atoms with Crippen molar-refractivity contribution in [3.8, 4) is 23.3 Å². The zero-order chi connectivity index (χ0) is 26.1. The third-order valence-electron chi connectivity index (χ3n) is 4.67. The minimum atomic E-state index is -0.720. The highest BCUT2D eigenvalue weighted by Gasteiger charge is 2.17. The topological polar surface area (TPSA) is 150 Å². The number of non-ortho nitro benzene ring substituents is 1.